The zero-order valence-electron chi connectivity index (χ0n) is 17.3. The molecule has 0 saturated carbocycles. The molecule has 0 bridgehead atoms. The second-order valence-corrected chi connectivity index (χ2v) is 8.51. The van der Waals surface area contributed by atoms with E-state index < -0.39 is 29.9 Å². The van der Waals surface area contributed by atoms with Gasteiger partial charge in [-0.2, -0.15) is 13.2 Å². The average Bonchev–Trinajstić information content (AvgIpc) is 2.66. The van der Waals surface area contributed by atoms with Gasteiger partial charge in [-0.25, -0.2) is 9.79 Å². The molecule has 0 spiro atoms. The van der Waals surface area contributed by atoms with E-state index in [1.54, 1.807) is 29.2 Å². The maximum absolute atomic E-state index is 12.9. The van der Waals surface area contributed by atoms with Crippen LogP contribution in [0.1, 0.15) is 32.4 Å². The fourth-order valence-electron chi connectivity index (χ4n) is 3.04. The number of hydrogen-bond acceptors (Lipinski definition) is 6. The first-order valence-corrected chi connectivity index (χ1v) is 10.0. The standard InChI is InChI=1S/C20H24ClF3N4O3/c1-19(2,3)31-18(29)28-8-9-30-14(11-28)12-4-6-13(7-5-12)25-16-10-15(21)26-17(27-16)20(22,23)24/h4-7,10,14,16,25H,8-9,11H2,1-3H3,(H,26,27)/t14-,16?/m0/s1. The Bertz CT molecular complexity index is 866. The van der Waals surface area contributed by atoms with Crippen LogP contribution >= 0.6 is 11.6 Å². The number of amides is 1. The molecule has 2 atom stereocenters. The van der Waals surface area contributed by atoms with Crippen molar-refractivity contribution in [2.45, 2.75) is 44.8 Å². The van der Waals surface area contributed by atoms with Crippen LogP contribution in [0.4, 0.5) is 23.7 Å². The smallest absolute Gasteiger partial charge is 0.444 e. The quantitative estimate of drug-likeness (QED) is 0.655. The van der Waals surface area contributed by atoms with E-state index in [4.69, 9.17) is 21.1 Å². The maximum Gasteiger partial charge on any atom is 0.449 e. The van der Waals surface area contributed by atoms with E-state index in [-0.39, 0.29) is 11.3 Å². The van der Waals surface area contributed by atoms with Crippen molar-refractivity contribution in [1.29, 1.82) is 0 Å². The van der Waals surface area contributed by atoms with E-state index in [0.29, 0.717) is 25.4 Å². The molecule has 1 unspecified atom stereocenters. The summed E-state index contributed by atoms with van der Waals surface area (Å²) in [6, 6.07) is 7.01. The molecular weight excluding hydrogens is 437 g/mol. The molecule has 1 aromatic rings. The molecule has 1 aromatic carbocycles. The number of nitrogens with zero attached hydrogens (tertiary/aromatic N) is 2. The summed E-state index contributed by atoms with van der Waals surface area (Å²) in [7, 11) is 0. The van der Waals surface area contributed by atoms with Crippen LogP contribution < -0.4 is 10.6 Å². The number of nitrogens with one attached hydrogen (secondary N) is 2. The van der Waals surface area contributed by atoms with Crippen molar-refractivity contribution in [2.75, 3.05) is 25.0 Å². The predicted octanol–water partition coefficient (Wildman–Crippen LogP) is 4.38. The summed E-state index contributed by atoms with van der Waals surface area (Å²) in [6.45, 7) is 6.58. The van der Waals surface area contributed by atoms with Crippen molar-refractivity contribution >= 4 is 29.2 Å². The fraction of sp³-hybridized carbons (Fsp3) is 0.500. The van der Waals surface area contributed by atoms with E-state index >= 15 is 0 Å². The number of halogens is 4. The van der Waals surface area contributed by atoms with Crippen molar-refractivity contribution in [3.05, 3.63) is 41.1 Å². The van der Waals surface area contributed by atoms with Gasteiger partial charge >= 0.3 is 12.3 Å². The number of carbonyl (C=O) groups is 1. The van der Waals surface area contributed by atoms with Crippen molar-refractivity contribution in [3.63, 3.8) is 0 Å². The lowest BCUT2D eigenvalue weighted by Crippen LogP contribution is -2.47. The predicted molar refractivity (Wildman–Crippen MR) is 111 cm³/mol. The Morgan fingerprint density at radius 1 is 1.29 bits per heavy atom. The molecule has 2 N–H and O–H groups in total. The van der Waals surface area contributed by atoms with Gasteiger partial charge < -0.3 is 25.0 Å². The SMILES string of the molecule is CC(C)(C)OC(=O)N1CCO[C@H](c2ccc(NC3C=C(Cl)N=C(C(F)(F)F)N3)cc2)C1. The monoisotopic (exact) mass is 460 g/mol. The van der Waals surface area contributed by atoms with Crippen LogP contribution in [-0.2, 0) is 9.47 Å². The third-order valence-electron chi connectivity index (χ3n) is 4.41. The molecule has 1 saturated heterocycles. The largest absolute Gasteiger partial charge is 0.449 e. The molecule has 3 rings (SSSR count). The van der Waals surface area contributed by atoms with Crippen LogP contribution in [0.25, 0.3) is 0 Å². The van der Waals surface area contributed by atoms with E-state index in [1.165, 1.54) is 6.08 Å². The van der Waals surface area contributed by atoms with E-state index in [0.717, 1.165) is 5.56 Å². The third kappa shape index (κ3) is 6.51. The highest BCUT2D eigenvalue weighted by Gasteiger charge is 2.38. The zero-order valence-corrected chi connectivity index (χ0v) is 18.0. The summed E-state index contributed by atoms with van der Waals surface area (Å²) < 4.78 is 49.9. The van der Waals surface area contributed by atoms with Crippen LogP contribution in [0, 0.1) is 0 Å². The molecule has 170 valence electrons. The molecule has 0 aliphatic carbocycles. The summed E-state index contributed by atoms with van der Waals surface area (Å²) in [6.07, 6.45) is -4.89. The molecule has 2 aliphatic heterocycles. The molecule has 31 heavy (non-hydrogen) atoms. The lowest BCUT2D eigenvalue weighted by atomic mass is 10.1. The fourth-order valence-corrected chi connectivity index (χ4v) is 3.25. The Kier molecular flexibility index (Phi) is 6.70. The highest BCUT2D eigenvalue weighted by Crippen LogP contribution is 2.26. The zero-order chi connectivity index (χ0) is 22.8. The van der Waals surface area contributed by atoms with Gasteiger partial charge in [0.2, 0.25) is 5.84 Å². The van der Waals surface area contributed by atoms with Crippen molar-refractivity contribution in [1.82, 2.24) is 10.2 Å². The van der Waals surface area contributed by atoms with Gasteiger partial charge in [0.1, 0.15) is 23.0 Å². The first-order chi connectivity index (χ1) is 14.4. The summed E-state index contributed by atoms with van der Waals surface area (Å²) in [5.41, 5.74) is 0.825. The van der Waals surface area contributed by atoms with Gasteiger partial charge in [-0.1, -0.05) is 23.7 Å². The number of rotatable bonds is 3. The van der Waals surface area contributed by atoms with Gasteiger partial charge in [0.25, 0.3) is 0 Å². The first kappa shape index (κ1) is 23.2. The molecule has 1 fully saturated rings. The number of aliphatic imine (C=N–C) groups is 1. The number of anilines is 1. The minimum atomic E-state index is -4.63. The number of alkyl halides is 3. The van der Waals surface area contributed by atoms with Crippen LogP contribution in [0.5, 0.6) is 0 Å². The lowest BCUT2D eigenvalue weighted by Gasteiger charge is -2.34. The van der Waals surface area contributed by atoms with Crippen LogP contribution in [0.15, 0.2) is 40.5 Å². The molecule has 2 heterocycles. The minimum Gasteiger partial charge on any atom is -0.444 e. The van der Waals surface area contributed by atoms with Gasteiger partial charge in [0, 0.05) is 12.2 Å². The van der Waals surface area contributed by atoms with Crippen LogP contribution in [0.3, 0.4) is 0 Å². The molecule has 0 radical (unpaired) electrons. The number of hydrogen-bond donors (Lipinski definition) is 2. The third-order valence-corrected chi connectivity index (χ3v) is 4.62. The van der Waals surface area contributed by atoms with Gasteiger partial charge in [-0.3, -0.25) is 0 Å². The number of amidine groups is 1. The van der Waals surface area contributed by atoms with Crippen molar-refractivity contribution in [3.8, 4) is 0 Å². The van der Waals surface area contributed by atoms with Crippen LogP contribution in [0.2, 0.25) is 0 Å². The topological polar surface area (TPSA) is 75.2 Å². The number of benzene rings is 1. The Balaban J connectivity index is 1.61. The maximum atomic E-state index is 12.9. The Morgan fingerprint density at radius 3 is 2.58 bits per heavy atom. The summed E-state index contributed by atoms with van der Waals surface area (Å²) in [5, 5.41) is 4.92. The second kappa shape index (κ2) is 8.96. The second-order valence-electron chi connectivity index (χ2n) is 8.12. The number of morpholine rings is 1. The van der Waals surface area contributed by atoms with Crippen molar-refractivity contribution < 1.29 is 27.4 Å². The molecule has 2 aliphatic rings. The molecular formula is C20H24ClF3N4O3. The minimum absolute atomic E-state index is 0.252. The Labute approximate surface area is 183 Å². The summed E-state index contributed by atoms with van der Waals surface area (Å²) >= 11 is 5.72. The summed E-state index contributed by atoms with van der Waals surface area (Å²) in [4.78, 5) is 17.2. The van der Waals surface area contributed by atoms with Gasteiger partial charge in [-0.15, -0.1) is 0 Å². The van der Waals surface area contributed by atoms with Gasteiger partial charge in [-0.05, 0) is 44.5 Å². The molecule has 7 nitrogen and oxygen atoms in total. The Morgan fingerprint density at radius 2 is 1.97 bits per heavy atom. The summed E-state index contributed by atoms with van der Waals surface area (Å²) in [5.74, 6) is -1.16. The van der Waals surface area contributed by atoms with Crippen molar-refractivity contribution in [2.24, 2.45) is 4.99 Å². The number of ether oxygens (including phenoxy) is 2. The molecule has 11 heteroatoms. The van der Waals surface area contributed by atoms with E-state index in [1.807, 2.05) is 20.8 Å². The van der Waals surface area contributed by atoms with E-state index in [2.05, 4.69) is 15.6 Å². The Hall–Kier alpha value is -2.46. The van der Waals surface area contributed by atoms with Crippen LogP contribution in [-0.4, -0.2) is 54.5 Å². The average molecular weight is 461 g/mol. The van der Waals surface area contributed by atoms with E-state index in [9.17, 15) is 18.0 Å². The highest BCUT2D eigenvalue weighted by molar-refractivity contribution is 6.30. The lowest BCUT2D eigenvalue weighted by molar-refractivity contribution is -0.0622. The van der Waals surface area contributed by atoms with Gasteiger partial charge in [0.15, 0.2) is 0 Å². The normalized spacial score (nSPS) is 22.2. The van der Waals surface area contributed by atoms with Gasteiger partial charge in [0.05, 0.1) is 13.2 Å². The number of carbonyl (C=O) groups excluding carboxylic acids is 1. The first-order valence-electron chi connectivity index (χ1n) is 9.66. The highest BCUT2D eigenvalue weighted by atomic mass is 35.5. The molecule has 1 amide bonds. The molecule has 0 aromatic heterocycles.